The van der Waals surface area contributed by atoms with Gasteiger partial charge in [-0.05, 0) is 19.8 Å². The number of anilines is 1. The Bertz CT molecular complexity index is 483. The molecule has 1 aliphatic heterocycles. The van der Waals surface area contributed by atoms with Crippen LogP contribution in [0.25, 0.3) is 0 Å². The summed E-state index contributed by atoms with van der Waals surface area (Å²) in [5.74, 6) is 9.14. The lowest BCUT2D eigenvalue weighted by Gasteiger charge is -2.36. The predicted octanol–water partition coefficient (Wildman–Crippen LogP) is 2.70. The molecule has 2 heterocycles. The largest absolute Gasteiger partial charge is 0.367 e. The third kappa shape index (κ3) is 2.40. The molecule has 5 nitrogen and oxygen atoms in total. The molecule has 3 rings (SSSR count). The number of thioether (sulfide) groups is 1. The Hall–Kier alpha value is -0.850. The zero-order valence-corrected chi connectivity index (χ0v) is 12.8. The van der Waals surface area contributed by atoms with E-state index in [2.05, 4.69) is 5.43 Å². The van der Waals surface area contributed by atoms with E-state index in [4.69, 9.17) is 20.5 Å². The van der Waals surface area contributed by atoms with E-state index >= 15 is 0 Å². The molecule has 2 aliphatic rings. The van der Waals surface area contributed by atoms with Crippen LogP contribution in [0.2, 0.25) is 0 Å². The highest BCUT2D eigenvalue weighted by Crippen LogP contribution is 2.41. The third-order valence-electron chi connectivity index (χ3n) is 4.20. The molecular formula is C14H22N4OS. The number of ether oxygens (including phenoxy) is 1. The van der Waals surface area contributed by atoms with Crippen molar-refractivity contribution >= 4 is 17.6 Å². The molecule has 0 aromatic carbocycles. The molecular weight excluding hydrogens is 272 g/mol. The van der Waals surface area contributed by atoms with Crippen LogP contribution in [-0.4, -0.2) is 16.6 Å². The second-order valence-corrected chi connectivity index (χ2v) is 6.43. The Morgan fingerprint density at radius 2 is 2.05 bits per heavy atom. The standard InChI is InChI=1S/C14H22N4OS/c1-2-19-14(6-4-3-5-7-14)13-16-11-9-20-8-10(11)12(17-13)18-15/h2-9,15H2,1H3,(H,16,17,18). The summed E-state index contributed by atoms with van der Waals surface area (Å²) in [6, 6.07) is 0. The SMILES string of the molecule is CCOC1(c2nc3c(c(NN)n2)CSC3)CCCCC1. The molecule has 1 aliphatic carbocycles. The molecule has 0 saturated heterocycles. The van der Waals surface area contributed by atoms with Gasteiger partial charge in [-0.15, -0.1) is 0 Å². The summed E-state index contributed by atoms with van der Waals surface area (Å²) in [7, 11) is 0. The Morgan fingerprint density at radius 1 is 1.25 bits per heavy atom. The molecule has 110 valence electrons. The number of nitrogens with one attached hydrogen (secondary N) is 1. The summed E-state index contributed by atoms with van der Waals surface area (Å²) in [5.41, 5.74) is 4.72. The van der Waals surface area contributed by atoms with E-state index in [9.17, 15) is 0 Å². The van der Waals surface area contributed by atoms with E-state index < -0.39 is 0 Å². The van der Waals surface area contributed by atoms with Crippen LogP contribution >= 0.6 is 11.8 Å². The van der Waals surface area contributed by atoms with E-state index in [1.54, 1.807) is 0 Å². The summed E-state index contributed by atoms with van der Waals surface area (Å²) >= 11 is 1.86. The first-order chi connectivity index (χ1) is 9.79. The maximum Gasteiger partial charge on any atom is 0.162 e. The van der Waals surface area contributed by atoms with Crippen molar-refractivity contribution in [3.63, 3.8) is 0 Å². The fourth-order valence-electron chi connectivity index (χ4n) is 3.21. The minimum atomic E-state index is -0.305. The van der Waals surface area contributed by atoms with Gasteiger partial charge in [0.05, 0.1) is 5.69 Å². The number of nitrogens with zero attached hydrogens (tertiary/aromatic N) is 2. The van der Waals surface area contributed by atoms with E-state index in [-0.39, 0.29) is 5.60 Å². The van der Waals surface area contributed by atoms with Crippen LogP contribution in [0.5, 0.6) is 0 Å². The Morgan fingerprint density at radius 3 is 2.75 bits per heavy atom. The summed E-state index contributed by atoms with van der Waals surface area (Å²) < 4.78 is 6.12. The van der Waals surface area contributed by atoms with Crippen molar-refractivity contribution in [2.45, 2.75) is 56.1 Å². The van der Waals surface area contributed by atoms with Gasteiger partial charge < -0.3 is 10.2 Å². The molecule has 20 heavy (non-hydrogen) atoms. The summed E-state index contributed by atoms with van der Waals surface area (Å²) in [6.45, 7) is 2.74. The minimum Gasteiger partial charge on any atom is -0.367 e. The van der Waals surface area contributed by atoms with Crippen molar-refractivity contribution in [3.05, 3.63) is 17.1 Å². The molecule has 1 aromatic heterocycles. The lowest BCUT2D eigenvalue weighted by molar-refractivity contribution is -0.0767. The van der Waals surface area contributed by atoms with Gasteiger partial charge in [0.25, 0.3) is 0 Å². The maximum atomic E-state index is 6.12. The molecule has 0 amide bonds. The number of rotatable bonds is 4. The van der Waals surface area contributed by atoms with Gasteiger partial charge >= 0.3 is 0 Å². The Balaban J connectivity index is 2.02. The first-order valence-electron chi connectivity index (χ1n) is 7.37. The Labute approximate surface area is 124 Å². The number of hydrogen-bond acceptors (Lipinski definition) is 6. The van der Waals surface area contributed by atoms with E-state index in [0.717, 1.165) is 47.2 Å². The zero-order chi connectivity index (χ0) is 14.0. The molecule has 1 saturated carbocycles. The summed E-state index contributed by atoms with van der Waals surface area (Å²) in [5, 5.41) is 0. The fourth-order valence-corrected chi connectivity index (χ4v) is 4.25. The fraction of sp³-hybridized carbons (Fsp3) is 0.714. The molecule has 1 fully saturated rings. The van der Waals surface area contributed by atoms with Crippen LogP contribution in [0.3, 0.4) is 0 Å². The lowest BCUT2D eigenvalue weighted by atomic mass is 9.83. The Kier molecular flexibility index (Phi) is 4.14. The van der Waals surface area contributed by atoms with Crippen molar-refractivity contribution in [2.75, 3.05) is 12.0 Å². The van der Waals surface area contributed by atoms with Gasteiger partial charge in [0.15, 0.2) is 5.82 Å². The highest BCUT2D eigenvalue weighted by atomic mass is 32.2. The molecule has 0 bridgehead atoms. The number of nitrogens with two attached hydrogens (primary N) is 1. The number of hydrazine groups is 1. The maximum absolute atomic E-state index is 6.12. The van der Waals surface area contributed by atoms with Crippen LogP contribution in [-0.2, 0) is 21.8 Å². The van der Waals surface area contributed by atoms with Crippen LogP contribution in [0.4, 0.5) is 5.82 Å². The van der Waals surface area contributed by atoms with E-state index in [1.165, 1.54) is 19.3 Å². The molecule has 6 heteroatoms. The van der Waals surface area contributed by atoms with Crippen molar-refractivity contribution < 1.29 is 4.74 Å². The average Bonchev–Trinajstić information content (AvgIpc) is 2.96. The summed E-state index contributed by atoms with van der Waals surface area (Å²) in [4.78, 5) is 9.52. The van der Waals surface area contributed by atoms with Gasteiger partial charge in [0, 0.05) is 23.7 Å². The predicted molar refractivity (Wildman–Crippen MR) is 81.2 cm³/mol. The van der Waals surface area contributed by atoms with E-state index in [1.807, 2.05) is 18.7 Å². The minimum absolute atomic E-state index is 0.305. The van der Waals surface area contributed by atoms with Gasteiger partial charge in [-0.1, -0.05) is 19.3 Å². The van der Waals surface area contributed by atoms with Crippen LogP contribution in [0, 0.1) is 0 Å². The normalized spacial score (nSPS) is 20.7. The number of hydrogen-bond donors (Lipinski definition) is 2. The zero-order valence-electron chi connectivity index (χ0n) is 11.9. The van der Waals surface area contributed by atoms with Crippen molar-refractivity contribution in [1.29, 1.82) is 0 Å². The second-order valence-electron chi connectivity index (χ2n) is 5.45. The first kappa shape index (κ1) is 14.1. The highest BCUT2D eigenvalue weighted by molar-refractivity contribution is 7.98. The number of fused-ring (bicyclic) bond motifs is 1. The highest BCUT2D eigenvalue weighted by Gasteiger charge is 2.38. The molecule has 0 radical (unpaired) electrons. The van der Waals surface area contributed by atoms with Crippen molar-refractivity contribution in [2.24, 2.45) is 5.84 Å². The monoisotopic (exact) mass is 294 g/mol. The molecule has 0 unspecified atom stereocenters. The van der Waals surface area contributed by atoms with Gasteiger partial charge in [0.1, 0.15) is 11.4 Å². The number of nitrogen functional groups attached to an aromatic ring is 1. The lowest BCUT2D eigenvalue weighted by Crippen LogP contribution is -2.35. The molecule has 0 spiro atoms. The topological polar surface area (TPSA) is 73.1 Å². The van der Waals surface area contributed by atoms with Gasteiger partial charge in [0.2, 0.25) is 0 Å². The van der Waals surface area contributed by atoms with Crippen LogP contribution in [0.1, 0.15) is 56.1 Å². The smallest absolute Gasteiger partial charge is 0.162 e. The van der Waals surface area contributed by atoms with Gasteiger partial charge in [-0.3, -0.25) is 0 Å². The van der Waals surface area contributed by atoms with Crippen LogP contribution in [0.15, 0.2) is 0 Å². The first-order valence-corrected chi connectivity index (χ1v) is 8.53. The van der Waals surface area contributed by atoms with E-state index in [0.29, 0.717) is 6.61 Å². The van der Waals surface area contributed by atoms with Crippen molar-refractivity contribution in [3.8, 4) is 0 Å². The molecule has 3 N–H and O–H groups in total. The quantitative estimate of drug-likeness (QED) is 0.657. The second kappa shape index (κ2) is 5.87. The number of aromatic nitrogens is 2. The molecule has 0 atom stereocenters. The average molecular weight is 294 g/mol. The molecule has 1 aromatic rings. The summed E-state index contributed by atoms with van der Waals surface area (Å²) in [6.07, 6.45) is 5.66. The third-order valence-corrected chi connectivity index (χ3v) is 5.17. The van der Waals surface area contributed by atoms with Crippen LogP contribution < -0.4 is 11.3 Å². The van der Waals surface area contributed by atoms with Gasteiger partial charge in [-0.2, -0.15) is 11.8 Å². The van der Waals surface area contributed by atoms with Gasteiger partial charge in [-0.25, -0.2) is 15.8 Å². The van der Waals surface area contributed by atoms with Crippen molar-refractivity contribution in [1.82, 2.24) is 9.97 Å².